The van der Waals surface area contributed by atoms with Gasteiger partial charge in [-0.2, -0.15) is 5.26 Å². The van der Waals surface area contributed by atoms with E-state index in [1.165, 1.54) is 17.4 Å². The molecule has 0 unspecified atom stereocenters. The van der Waals surface area contributed by atoms with Gasteiger partial charge in [0.25, 0.3) is 5.91 Å². The van der Waals surface area contributed by atoms with Crippen molar-refractivity contribution in [3.63, 3.8) is 0 Å². The molecule has 6 nitrogen and oxygen atoms in total. The van der Waals surface area contributed by atoms with Crippen molar-refractivity contribution >= 4 is 49.8 Å². The van der Waals surface area contributed by atoms with Crippen molar-refractivity contribution in [3.05, 3.63) is 45.2 Å². The largest absolute Gasteiger partial charge is 0.452 e. The zero-order chi connectivity index (χ0) is 16.1. The highest BCUT2D eigenvalue weighted by Gasteiger charge is 2.15. The molecule has 22 heavy (non-hydrogen) atoms. The Bertz CT molecular complexity index is 767. The van der Waals surface area contributed by atoms with Crippen LogP contribution >= 0.6 is 27.3 Å². The second-order valence-corrected chi connectivity index (χ2v) is 5.96. The third kappa shape index (κ3) is 3.84. The lowest BCUT2D eigenvalue weighted by molar-refractivity contribution is -0.119. The van der Waals surface area contributed by atoms with Gasteiger partial charge in [0, 0.05) is 10.2 Å². The third-order valence-electron chi connectivity index (χ3n) is 2.61. The molecule has 2 aromatic rings. The molecule has 3 N–H and O–H groups in total. The SMILES string of the molecule is N#Cc1ccsc1NC(=O)COC(=O)c1cc(Br)ccc1N. The van der Waals surface area contributed by atoms with Crippen LogP contribution in [0.3, 0.4) is 0 Å². The van der Waals surface area contributed by atoms with Gasteiger partial charge in [0.05, 0.1) is 11.1 Å². The Morgan fingerprint density at radius 2 is 2.18 bits per heavy atom. The van der Waals surface area contributed by atoms with Crippen LogP contribution in [0.1, 0.15) is 15.9 Å². The number of anilines is 2. The Hall–Kier alpha value is -2.37. The van der Waals surface area contributed by atoms with E-state index in [1.807, 2.05) is 6.07 Å². The van der Waals surface area contributed by atoms with Gasteiger partial charge in [-0.3, -0.25) is 4.79 Å². The fraction of sp³-hybridized carbons (Fsp3) is 0.0714. The van der Waals surface area contributed by atoms with Crippen LogP contribution in [-0.4, -0.2) is 18.5 Å². The number of nitrogens with two attached hydrogens (primary N) is 1. The van der Waals surface area contributed by atoms with Gasteiger partial charge in [-0.1, -0.05) is 15.9 Å². The number of amides is 1. The summed E-state index contributed by atoms with van der Waals surface area (Å²) in [7, 11) is 0. The van der Waals surface area contributed by atoms with E-state index in [9.17, 15) is 9.59 Å². The van der Waals surface area contributed by atoms with E-state index in [1.54, 1.807) is 23.6 Å². The van der Waals surface area contributed by atoms with Crippen LogP contribution in [0, 0.1) is 11.3 Å². The number of halogens is 1. The van der Waals surface area contributed by atoms with Gasteiger partial charge in [0.2, 0.25) is 0 Å². The molecule has 0 bridgehead atoms. The molecule has 0 saturated carbocycles. The summed E-state index contributed by atoms with van der Waals surface area (Å²) in [5.41, 5.74) is 6.49. The Kier molecular flexibility index (Phi) is 5.14. The Balaban J connectivity index is 1.95. The number of nitriles is 1. The molecule has 1 amide bonds. The normalized spacial score (nSPS) is 9.82. The maximum Gasteiger partial charge on any atom is 0.340 e. The quantitative estimate of drug-likeness (QED) is 0.627. The molecular formula is C14H10BrN3O3S. The van der Waals surface area contributed by atoms with Crippen molar-refractivity contribution in [1.82, 2.24) is 0 Å². The number of thiophene rings is 1. The molecule has 1 aromatic heterocycles. The van der Waals surface area contributed by atoms with Gasteiger partial charge >= 0.3 is 5.97 Å². The van der Waals surface area contributed by atoms with Crippen molar-refractivity contribution in [1.29, 1.82) is 5.26 Å². The van der Waals surface area contributed by atoms with E-state index in [0.717, 1.165) is 0 Å². The van der Waals surface area contributed by atoms with Gasteiger partial charge in [-0.05, 0) is 29.6 Å². The number of esters is 1. The average Bonchev–Trinajstić information content (AvgIpc) is 2.94. The number of rotatable bonds is 4. The monoisotopic (exact) mass is 379 g/mol. The molecule has 0 radical (unpaired) electrons. The topological polar surface area (TPSA) is 105 Å². The molecule has 0 fully saturated rings. The van der Waals surface area contributed by atoms with Crippen molar-refractivity contribution in [2.24, 2.45) is 0 Å². The van der Waals surface area contributed by atoms with Crippen molar-refractivity contribution in [2.45, 2.75) is 0 Å². The first-order valence-electron chi connectivity index (χ1n) is 6.01. The van der Waals surface area contributed by atoms with Crippen LogP contribution in [0.2, 0.25) is 0 Å². The predicted molar refractivity (Wildman–Crippen MR) is 86.5 cm³/mol. The number of hydrogen-bond donors (Lipinski definition) is 2. The molecule has 8 heteroatoms. The summed E-state index contributed by atoms with van der Waals surface area (Å²) in [6.07, 6.45) is 0. The molecule has 0 aliphatic carbocycles. The van der Waals surface area contributed by atoms with Gasteiger partial charge in [0.1, 0.15) is 11.1 Å². The van der Waals surface area contributed by atoms with Crippen molar-refractivity contribution < 1.29 is 14.3 Å². The second-order valence-electron chi connectivity index (χ2n) is 4.13. The van der Waals surface area contributed by atoms with E-state index >= 15 is 0 Å². The first-order chi connectivity index (χ1) is 10.5. The lowest BCUT2D eigenvalue weighted by Gasteiger charge is -2.07. The Labute approximate surface area is 138 Å². The number of carbonyl (C=O) groups excluding carboxylic acids is 2. The van der Waals surface area contributed by atoms with Crippen LogP contribution in [0.5, 0.6) is 0 Å². The molecule has 112 valence electrons. The smallest absolute Gasteiger partial charge is 0.340 e. The average molecular weight is 380 g/mol. The van der Waals surface area contributed by atoms with Crippen LogP contribution in [-0.2, 0) is 9.53 Å². The number of hydrogen-bond acceptors (Lipinski definition) is 6. The molecule has 1 heterocycles. The van der Waals surface area contributed by atoms with E-state index in [2.05, 4.69) is 21.2 Å². The minimum absolute atomic E-state index is 0.177. The fourth-order valence-corrected chi connectivity index (χ4v) is 2.69. The molecule has 2 rings (SSSR count). The number of nitrogen functional groups attached to an aromatic ring is 1. The van der Waals surface area contributed by atoms with Crippen molar-refractivity contribution in [3.8, 4) is 6.07 Å². The van der Waals surface area contributed by atoms with Crippen molar-refractivity contribution in [2.75, 3.05) is 17.7 Å². The second kappa shape index (κ2) is 7.06. The highest BCUT2D eigenvalue weighted by molar-refractivity contribution is 9.10. The lowest BCUT2D eigenvalue weighted by atomic mass is 10.2. The van der Waals surface area contributed by atoms with E-state index in [0.29, 0.717) is 15.0 Å². The maximum absolute atomic E-state index is 11.9. The first kappa shape index (κ1) is 16.0. The first-order valence-corrected chi connectivity index (χ1v) is 7.68. The minimum Gasteiger partial charge on any atom is -0.452 e. The predicted octanol–water partition coefficient (Wildman–Crippen LogP) is 2.76. The highest BCUT2D eigenvalue weighted by Crippen LogP contribution is 2.22. The molecule has 0 atom stereocenters. The van der Waals surface area contributed by atoms with E-state index in [4.69, 9.17) is 15.7 Å². The summed E-state index contributed by atoms with van der Waals surface area (Å²) >= 11 is 4.44. The maximum atomic E-state index is 11.9. The van der Waals surface area contributed by atoms with Gasteiger partial charge in [0.15, 0.2) is 6.61 Å². The zero-order valence-electron chi connectivity index (χ0n) is 11.1. The Morgan fingerprint density at radius 3 is 2.91 bits per heavy atom. The third-order valence-corrected chi connectivity index (χ3v) is 3.93. The molecular weight excluding hydrogens is 370 g/mol. The van der Waals surface area contributed by atoms with Gasteiger partial charge < -0.3 is 15.8 Å². The molecule has 0 spiro atoms. The summed E-state index contributed by atoms with van der Waals surface area (Å²) in [6, 6.07) is 8.31. The van der Waals surface area contributed by atoms with Crippen LogP contribution in [0.15, 0.2) is 34.1 Å². The van der Waals surface area contributed by atoms with Crippen LogP contribution in [0.4, 0.5) is 10.7 Å². The summed E-state index contributed by atoms with van der Waals surface area (Å²) < 4.78 is 5.59. The minimum atomic E-state index is -0.694. The van der Waals surface area contributed by atoms with Gasteiger partial charge in [-0.15, -0.1) is 11.3 Å². The standard InChI is InChI=1S/C14H10BrN3O3S/c15-9-1-2-11(17)10(5-9)14(20)21-7-12(19)18-13-8(6-16)3-4-22-13/h1-5H,7,17H2,(H,18,19). The summed E-state index contributed by atoms with van der Waals surface area (Å²) in [5, 5.41) is 13.5. The van der Waals surface area contributed by atoms with E-state index in [-0.39, 0.29) is 11.3 Å². The number of carbonyl (C=O) groups is 2. The van der Waals surface area contributed by atoms with Gasteiger partial charge in [-0.25, -0.2) is 4.79 Å². The fourth-order valence-electron chi connectivity index (χ4n) is 1.57. The number of ether oxygens (including phenoxy) is 1. The summed E-state index contributed by atoms with van der Waals surface area (Å²) in [4.78, 5) is 23.6. The molecule has 0 aliphatic rings. The summed E-state index contributed by atoms with van der Waals surface area (Å²) in [5.74, 6) is -1.22. The van der Waals surface area contributed by atoms with E-state index < -0.39 is 18.5 Å². The Morgan fingerprint density at radius 1 is 1.41 bits per heavy atom. The molecule has 0 aliphatic heterocycles. The molecule has 1 aromatic carbocycles. The van der Waals surface area contributed by atoms with Crippen LogP contribution in [0.25, 0.3) is 0 Å². The number of nitrogens with zero attached hydrogens (tertiary/aromatic N) is 1. The number of nitrogens with one attached hydrogen (secondary N) is 1. The zero-order valence-corrected chi connectivity index (χ0v) is 13.5. The number of benzene rings is 1. The van der Waals surface area contributed by atoms with Crippen LogP contribution < -0.4 is 11.1 Å². The highest BCUT2D eigenvalue weighted by atomic mass is 79.9. The molecule has 0 saturated heterocycles. The summed E-state index contributed by atoms with van der Waals surface area (Å²) in [6.45, 7) is -0.465. The lowest BCUT2D eigenvalue weighted by Crippen LogP contribution is -2.21.